The van der Waals surface area contributed by atoms with Crippen LogP contribution in [0.15, 0.2) is 23.8 Å². The number of aliphatic hydroxyl groups excluding tert-OH is 2. The van der Waals surface area contributed by atoms with E-state index in [0.29, 0.717) is 11.2 Å². The minimum atomic E-state index is -5.20. The first-order chi connectivity index (χ1) is 21.8. The van der Waals surface area contributed by atoms with Gasteiger partial charge in [-0.3, -0.25) is 23.5 Å². The van der Waals surface area contributed by atoms with Crippen molar-refractivity contribution in [2.75, 3.05) is 24.7 Å². The van der Waals surface area contributed by atoms with Crippen molar-refractivity contribution < 1.29 is 101 Å². The van der Waals surface area contributed by atoms with Crippen LogP contribution in [0, 0.1) is 11.3 Å². The molecule has 246 valence electrons. The number of hydrogen-bond donors (Lipinski definition) is 5. The molecule has 8 rings (SSSR count). The van der Waals surface area contributed by atoms with Gasteiger partial charge in [0.1, 0.15) is 35.5 Å². The molecule has 2 aliphatic heterocycles. The summed E-state index contributed by atoms with van der Waals surface area (Å²) in [6.07, 6.45) is -1.50. The Balaban J connectivity index is 0.00000201. The van der Waals surface area contributed by atoms with E-state index in [1.165, 1.54) is 23.5 Å². The second kappa shape index (κ2) is 13.1. The van der Waals surface area contributed by atoms with E-state index < -0.39 is 85.8 Å². The zero-order chi connectivity index (χ0) is 32.3. The Bertz CT molecular complexity index is 2060. The summed E-state index contributed by atoms with van der Waals surface area (Å²) in [5, 5.41) is 20.7. The number of aromatic nitrogens is 8. The Kier molecular flexibility index (Phi) is 10.1. The molecule has 11 atom stereocenters. The fraction of sp³-hybridized carbons (Fsp3) is 0.545. The summed E-state index contributed by atoms with van der Waals surface area (Å²) in [5.74, 6) is -0.549. The minimum absolute atomic E-state index is 0. The molecule has 4 aromatic rings. The molecule has 6 heterocycles. The maximum atomic E-state index is 13.6. The van der Waals surface area contributed by atoms with Gasteiger partial charge in [0.25, 0.3) is 13.4 Å². The Morgan fingerprint density at radius 1 is 1.04 bits per heavy atom. The number of phosphoric acid groups is 1. The number of fused-ring (bicyclic) bond motifs is 4. The van der Waals surface area contributed by atoms with Crippen LogP contribution in [0.2, 0.25) is 0 Å². The van der Waals surface area contributed by atoms with Crippen LogP contribution in [-0.4, -0.2) is 92.1 Å². The molecule has 0 amide bonds. The Labute approximate surface area is 323 Å². The molecular weight excluding hydrogens is 736 g/mol. The molecule has 2 saturated heterocycles. The zero-order valence-corrected chi connectivity index (χ0v) is 32.6. The Hall–Kier alpha value is -0.620. The normalized spacial score (nSPS) is 39.3. The fourth-order valence-corrected chi connectivity index (χ4v) is 10.9. The van der Waals surface area contributed by atoms with E-state index in [-0.39, 0.29) is 88.5 Å². The molecule has 3 unspecified atom stereocenters. The van der Waals surface area contributed by atoms with Gasteiger partial charge in [-0.25, -0.2) is 19.9 Å². The predicted octanol–water partition coefficient (Wildman–Crippen LogP) is -7.03. The van der Waals surface area contributed by atoms with Gasteiger partial charge < -0.3 is 61.5 Å². The van der Waals surface area contributed by atoms with E-state index in [4.69, 9.17) is 41.8 Å². The van der Waals surface area contributed by atoms with Gasteiger partial charge in [0.05, 0.1) is 43.3 Å². The van der Waals surface area contributed by atoms with Crippen molar-refractivity contribution in [3.05, 3.63) is 29.3 Å². The Morgan fingerprint density at radius 2 is 1.77 bits per heavy atom. The number of nitrogens with one attached hydrogen (secondary N) is 1. The van der Waals surface area contributed by atoms with Crippen LogP contribution in [0.25, 0.3) is 22.3 Å². The van der Waals surface area contributed by atoms with Gasteiger partial charge in [0.15, 0.2) is 29.4 Å². The minimum Gasteiger partial charge on any atom is -0.756 e. The maximum Gasteiger partial charge on any atom is 1.00 e. The smallest absolute Gasteiger partial charge is 0.756 e. The number of nitrogen functional groups attached to an aromatic ring is 2. The van der Waals surface area contributed by atoms with Crippen molar-refractivity contribution in [1.29, 1.82) is 0 Å². The van der Waals surface area contributed by atoms with Crippen LogP contribution < -0.4 is 81.0 Å². The molecular formula is C22H24N10Na2O10P2S2. The average molecular weight is 761 g/mol. The van der Waals surface area contributed by atoms with E-state index in [9.17, 15) is 29.0 Å². The molecule has 4 aromatic heterocycles. The van der Waals surface area contributed by atoms with Crippen LogP contribution in [0.3, 0.4) is 0 Å². The monoisotopic (exact) mass is 760 g/mol. The van der Waals surface area contributed by atoms with E-state index in [0.717, 1.165) is 11.8 Å². The van der Waals surface area contributed by atoms with Crippen LogP contribution in [0.4, 0.5) is 11.8 Å². The summed E-state index contributed by atoms with van der Waals surface area (Å²) < 4.78 is 52.1. The number of thioether (sulfide) groups is 1. The molecule has 2 aliphatic carbocycles. The number of H-pyrrole nitrogens is 1. The number of imidazole rings is 2. The molecule has 26 heteroatoms. The Morgan fingerprint density at radius 3 is 2.54 bits per heavy atom. The van der Waals surface area contributed by atoms with Crippen molar-refractivity contribution in [1.82, 2.24) is 39.0 Å². The number of rotatable bonds is 2. The second-order valence-corrected chi connectivity index (χ2v) is 16.9. The number of hydrogen-bond acceptors (Lipinski definition) is 19. The summed E-state index contributed by atoms with van der Waals surface area (Å²) in [4.78, 5) is 48.6. The van der Waals surface area contributed by atoms with Crippen molar-refractivity contribution in [3.63, 3.8) is 0 Å². The number of nitrogens with zero attached hydrogens (tertiary/aromatic N) is 7. The first-order valence-electron chi connectivity index (χ1n) is 13.7. The molecule has 1 spiro atoms. The predicted molar refractivity (Wildman–Crippen MR) is 159 cm³/mol. The van der Waals surface area contributed by atoms with E-state index in [1.807, 2.05) is 0 Å². The van der Waals surface area contributed by atoms with Gasteiger partial charge in [0, 0.05) is 5.41 Å². The van der Waals surface area contributed by atoms with E-state index >= 15 is 0 Å². The number of phosphoric ester groups is 1. The van der Waals surface area contributed by atoms with Crippen molar-refractivity contribution in [2.45, 2.75) is 47.5 Å². The summed E-state index contributed by atoms with van der Waals surface area (Å²) >= 11 is 6.20. The van der Waals surface area contributed by atoms with Gasteiger partial charge in [-0.2, -0.15) is 4.98 Å². The van der Waals surface area contributed by atoms with Crippen LogP contribution in [0.5, 0.6) is 0 Å². The van der Waals surface area contributed by atoms with Crippen molar-refractivity contribution in [2.24, 2.45) is 11.3 Å². The molecule has 48 heavy (non-hydrogen) atoms. The molecule has 2 bridgehead atoms. The first kappa shape index (κ1) is 37.1. The summed E-state index contributed by atoms with van der Waals surface area (Å²) in [5.41, 5.74) is 10.4. The molecule has 4 aliphatic rings. The SMILES string of the molecule is Nc1nc2c(ncn2[C@@H]2S[C@@H]3COP(=O)([S-])O[C@H]4[C@@H](O)[C@H](n5cnc6c(N)ncnc65)[C@H]5CC54COP(=O)([O-])O[C@@H]2[C@@H]3O)c(=O)[nH]1.[Na+].[Na+]. The molecule has 4 fully saturated rings. The van der Waals surface area contributed by atoms with Gasteiger partial charge in [-0.1, -0.05) is 0 Å². The number of anilines is 2. The molecule has 2 saturated carbocycles. The van der Waals surface area contributed by atoms with Crippen LogP contribution in [-0.2, 0) is 39.5 Å². The molecule has 7 N–H and O–H groups in total. The third-order valence-corrected chi connectivity index (χ3v) is 13.0. The van der Waals surface area contributed by atoms with Crippen molar-refractivity contribution >= 4 is 72.7 Å². The third kappa shape index (κ3) is 6.07. The first-order valence-corrected chi connectivity index (χ1v) is 18.7. The standard InChI is InChI=1S/C22H26N10O10P2S2.2Na/c23-16-9-17(26-4-25-16)31(5-27-9)11-7-1-22(7)3-40-43(36,37)41-14-12(33)8(2-39-44(38,45)42-15(22)13(11)34)46-20(14)32-6-28-10-18(32)29-21(24)30-19(10)35;;/h4-8,11-15,20,33-34H,1-3H2,(H,36,37)(H,38,45)(H2,23,25,26)(H3,24,29,30,35);;/q;2*+1/p-2/t7-,8-,11-,12-,13+,14-,15+,20-,22?,44?;;/m1../s1. The summed E-state index contributed by atoms with van der Waals surface area (Å²) in [6, 6.07) is -0.765. The third-order valence-electron chi connectivity index (χ3n) is 8.94. The van der Waals surface area contributed by atoms with Gasteiger partial charge in [-0.05, 0) is 12.3 Å². The fourth-order valence-electron chi connectivity index (χ4n) is 6.79. The van der Waals surface area contributed by atoms with Crippen LogP contribution >= 0.6 is 26.4 Å². The maximum absolute atomic E-state index is 13.6. The largest absolute Gasteiger partial charge is 1.00 e. The quantitative estimate of drug-likeness (QED) is 0.0720. The number of nitrogens with two attached hydrogens (primary N) is 2. The molecule has 0 aromatic carbocycles. The van der Waals surface area contributed by atoms with Crippen molar-refractivity contribution in [3.8, 4) is 0 Å². The van der Waals surface area contributed by atoms with Gasteiger partial charge >= 0.3 is 59.1 Å². The number of aromatic amines is 1. The number of aliphatic hydroxyl groups is 2. The zero-order valence-electron chi connectivity index (χ0n) is 25.1. The summed E-state index contributed by atoms with van der Waals surface area (Å²) in [7, 11) is -5.20. The van der Waals surface area contributed by atoms with Gasteiger partial charge in [-0.15, -0.1) is 11.8 Å². The van der Waals surface area contributed by atoms with E-state index in [1.54, 1.807) is 4.57 Å². The molecule has 0 radical (unpaired) electrons. The van der Waals surface area contributed by atoms with Gasteiger partial charge in [0.2, 0.25) is 5.95 Å². The topological polar surface area (TPSA) is 294 Å². The summed E-state index contributed by atoms with van der Waals surface area (Å²) in [6.45, 7) is -5.36. The van der Waals surface area contributed by atoms with E-state index in [2.05, 4.69) is 29.9 Å². The second-order valence-electron chi connectivity index (χ2n) is 11.5. The van der Waals surface area contributed by atoms with Crippen LogP contribution in [0.1, 0.15) is 17.8 Å². The average Bonchev–Trinajstić information content (AvgIpc) is 3.26. The molecule has 20 nitrogen and oxygen atoms in total.